The summed E-state index contributed by atoms with van der Waals surface area (Å²) in [4.78, 5) is 28.1. The molecule has 0 saturated carbocycles. The third-order valence-corrected chi connectivity index (χ3v) is 3.62. The summed E-state index contributed by atoms with van der Waals surface area (Å²) < 4.78 is 1.80. The van der Waals surface area contributed by atoms with Crippen molar-refractivity contribution in [2.24, 2.45) is 0 Å². The van der Waals surface area contributed by atoms with Crippen molar-refractivity contribution in [3.63, 3.8) is 0 Å². The Morgan fingerprint density at radius 1 is 1.65 bits per heavy atom. The molecule has 0 aliphatic heterocycles. The van der Waals surface area contributed by atoms with Crippen LogP contribution in [0.25, 0.3) is 0 Å². The average Bonchev–Trinajstić information content (AvgIpc) is 2.86. The summed E-state index contributed by atoms with van der Waals surface area (Å²) in [7, 11) is 0. The highest BCUT2D eigenvalue weighted by Gasteiger charge is 2.07. The molecule has 6 nitrogen and oxygen atoms in total. The molecular formula is C9H9N3O3S2. The van der Waals surface area contributed by atoms with Crippen LogP contribution in [0.15, 0.2) is 27.7 Å². The van der Waals surface area contributed by atoms with Crippen molar-refractivity contribution in [2.75, 3.05) is 5.75 Å². The number of H-pyrrole nitrogens is 1. The molecule has 2 aromatic rings. The number of aromatic nitrogens is 3. The molecule has 8 heteroatoms. The molecule has 0 atom stereocenters. The first-order chi connectivity index (χ1) is 8.15. The second-order valence-electron chi connectivity index (χ2n) is 3.19. The van der Waals surface area contributed by atoms with E-state index >= 15 is 0 Å². The second-order valence-corrected chi connectivity index (χ2v) is 4.98. The molecule has 0 aliphatic carbocycles. The number of aromatic amines is 1. The molecule has 2 heterocycles. The van der Waals surface area contributed by atoms with Gasteiger partial charge in [0.1, 0.15) is 0 Å². The minimum absolute atomic E-state index is 0.0306. The fourth-order valence-electron chi connectivity index (χ4n) is 1.26. The van der Waals surface area contributed by atoms with E-state index in [-0.39, 0.29) is 10.6 Å². The number of carboxylic acids is 1. The Bertz CT molecular complexity index is 572. The van der Waals surface area contributed by atoms with Crippen LogP contribution in [0, 0.1) is 0 Å². The fraction of sp³-hybridized carbons (Fsp3) is 0.222. The van der Waals surface area contributed by atoms with E-state index in [0.717, 1.165) is 28.8 Å². The zero-order valence-corrected chi connectivity index (χ0v) is 10.3. The summed E-state index contributed by atoms with van der Waals surface area (Å²) in [5.41, 5.74) is 0.787. The molecule has 2 N–H and O–H groups in total. The second kappa shape index (κ2) is 5.19. The SMILES string of the molecule is O=C(O)CSc1nccn1Cc1csc(=O)[nH]1. The maximum absolute atomic E-state index is 11.0. The third-order valence-electron chi connectivity index (χ3n) is 1.91. The van der Waals surface area contributed by atoms with Gasteiger partial charge in [-0.05, 0) is 0 Å². The van der Waals surface area contributed by atoms with Crippen LogP contribution in [0.1, 0.15) is 5.69 Å². The van der Waals surface area contributed by atoms with Gasteiger partial charge in [0.25, 0.3) is 0 Å². The lowest BCUT2D eigenvalue weighted by Gasteiger charge is -2.04. The van der Waals surface area contributed by atoms with Crippen LogP contribution in [0.4, 0.5) is 0 Å². The van der Waals surface area contributed by atoms with Crippen LogP contribution in [-0.4, -0.2) is 31.4 Å². The monoisotopic (exact) mass is 271 g/mol. The van der Waals surface area contributed by atoms with E-state index in [1.54, 1.807) is 22.3 Å². The number of carboxylic acid groups (broad SMARTS) is 1. The summed E-state index contributed by atoms with van der Waals surface area (Å²) in [6.45, 7) is 0.487. The van der Waals surface area contributed by atoms with Gasteiger partial charge in [-0.25, -0.2) is 4.98 Å². The number of imidazole rings is 1. The van der Waals surface area contributed by atoms with Crippen molar-refractivity contribution < 1.29 is 9.90 Å². The standard InChI is InChI=1S/C9H9N3O3S2/c13-7(14)5-16-8-10-1-2-12(8)3-6-4-17-9(15)11-6/h1-2,4H,3,5H2,(H,11,15)(H,13,14). The molecule has 0 amide bonds. The Morgan fingerprint density at radius 2 is 2.47 bits per heavy atom. The minimum atomic E-state index is -0.881. The van der Waals surface area contributed by atoms with Crippen molar-refractivity contribution in [1.29, 1.82) is 0 Å². The number of hydrogen-bond acceptors (Lipinski definition) is 5. The lowest BCUT2D eigenvalue weighted by molar-refractivity contribution is -0.133. The summed E-state index contributed by atoms with van der Waals surface area (Å²) >= 11 is 2.26. The first kappa shape index (κ1) is 11.9. The van der Waals surface area contributed by atoms with E-state index in [9.17, 15) is 9.59 Å². The highest BCUT2D eigenvalue weighted by Crippen LogP contribution is 2.16. The first-order valence-corrected chi connectivity index (χ1v) is 6.54. The van der Waals surface area contributed by atoms with Crippen LogP contribution in [0.3, 0.4) is 0 Å². The summed E-state index contributed by atoms with van der Waals surface area (Å²) in [5.74, 6) is -0.912. The van der Waals surface area contributed by atoms with Crippen LogP contribution in [0.5, 0.6) is 0 Å². The molecule has 0 radical (unpaired) electrons. The van der Waals surface area contributed by atoms with Gasteiger partial charge in [-0.2, -0.15) is 0 Å². The van der Waals surface area contributed by atoms with Crippen LogP contribution in [0.2, 0.25) is 0 Å². The molecule has 0 fully saturated rings. The largest absolute Gasteiger partial charge is 0.481 e. The van der Waals surface area contributed by atoms with E-state index in [1.807, 2.05) is 0 Å². The number of thiazole rings is 1. The van der Waals surface area contributed by atoms with E-state index in [2.05, 4.69) is 9.97 Å². The van der Waals surface area contributed by atoms with Gasteiger partial charge in [-0.15, -0.1) is 0 Å². The molecule has 2 aromatic heterocycles. The molecule has 0 unspecified atom stereocenters. The zero-order chi connectivity index (χ0) is 12.3. The first-order valence-electron chi connectivity index (χ1n) is 4.67. The molecule has 0 aromatic carbocycles. The van der Waals surface area contributed by atoms with E-state index in [4.69, 9.17) is 5.11 Å². The predicted octanol–water partition coefficient (Wildman–Crippen LogP) is 0.858. The minimum Gasteiger partial charge on any atom is -0.481 e. The molecule has 0 bridgehead atoms. The molecule has 0 spiro atoms. The van der Waals surface area contributed by atoms with Gasteiger partial charge in [0, 0.05) is 23.5 Å². The highest BCUT2D eigenvalue weighted by molar-refractivity contribution is 7.99. The van der Waals surface area contributed by atoms with Crippen LogP contribution in [-0.2, 0) is 11.3 Å². The van der Waals surface area contributed by atoms with Crippen LogP contribution >= 0.6 is 23.1 Å². The maximum Gasteiger partial charge on any atom is 0.313 e. The van der Waals surface area contributed by atoms with E-state index < -0.39 is 5.97 Å². The Hall–Kier alpha value is -1.54. The Kier molecular flexibility index (Phi) is 3.64. The predicted molar refractivity (Wildman–Crippen MR) is 64.6 cm³/mol. The number of thioether (sulfide) groups is 1. The van der Waals surface area contributed by atoms with Gasteiger partial charge in [0.15, 0.2) is 5.16 Å². The maximum atomic E-state index is 11.0. The van der Waals surface area contributed by atoms with Crippen LogP contribution < -0.4 is 4.87 Å². The molecule has 0 saturated heterocycles. The summed E-state index contributed by atoms with van der Waals surface area (Å²) in [6.07, 6.45) is 3.36. The van der Waals surface area contributed by atoms with Gasteiger partial charge in [-0.1, -0.05) is 23.1 Å². The number of carbonyl (C=O) groups is 1. The van der Waals surface area contributed by atoms with Gasteiger partial charge in [-0.3, -0.25) is 9.59 Å². The van der Waals surface area contributed by atoms with Crippen molar-refractivity contribution in [3.8, 4) is 0 Å². The molecule has 2 rings (SSSR count). The normalized spacial score (nSPS) is 10.6. The number of hydrogen-bond donors (Lipinski definition) is 2. The Balaban J connectivity index is 2.08. The molecule has 90 valence electrons. The lowest BCUT2D eigenvalue weighted by atomic mass is 10.5. The average molecular weight is 271 g/mol. The number of nitrogens with one attached hydrogen (secondary N) is 1. The molecular weight excluding hydrogens is 262 g/mol. The van der Waals surface area contributed by atoms with E-state index in [1.165, 1.54) is 0 Å². The Morgan fingerprint density at radius 3 is 3.12 bits per heavy atom. The zero-order valence-electron chi connectivity index (χ0n) is 8.62. The van der Waals surface area contributed by atoms with Gasteiger partial charge < -0.3 is 14.7 Å². The van der Waals surface area contributed by atoms with E-state index in [0.29, 0.717) is 11.7 Å². The van der Waals surface area contributed by atoms with Crippen molar-refractivity contribution in [2.45, 2.75) is 11.7 Å². The topological polar surface area (TPSA) is 88.0 Å². The van der Waals surface area contributed by atoms with Crippen molar-refractivity contribution in [1.82, 2.24) is 14.5 Å². The van der Waals surface area contributed by atoms with Crippen molar-refractivity contribution in [3.05, 3.63) is 33.1 Å². The lowest BCUT2D eigenvalue weighted by Crippen LogP contribution is -2.05. The molecule has 17 heavy (non-hydrogen) atoms. The smallest absolute Gasteiger partial charge is 0.313 e. The fourth-order valence-corrected chi connectivity index (χ4v) is 2.51. The van der Waals surface area contributed by atoms with Gasteiger partial charge in [0.05, 0.1) is 12.3 Å². The van der Waals surface area contributed by atoms with Gasteiger partial charge >= 0.3 is 10.8 Å². The highest BCUT2D eigenvalue weighted by atomic mass is 32.2. The summed E-state index contributed by atoms with van der Waals surface area (Å²) in [5, 5.41) is 11.0. The number of nitrogens with zero attached hydrogens (tertiary/aromatic N) is 2. The molecule has 0 aliphatic rings. The quantitative estimate of drug-likeness (QED) is 0.787. The third kappa shape index (κ3) is 3.21. The van der Waals surface area contributed by atoms with Gasteiger partial charge in [0.2, 0.25) is 0 Å². The Labute approximate surface area is 104 Å². The number of rotatable bonds is 5. The summed E-state index contributed by atoms with van der Waals surface area (Å²) in [6, 6.07) is 0. The van der Waals surface area contributed by atoms with Crippen molar-refractivity contribution >= 4 is 29.1 Å². The number of aliphatic carboxylic acids is 1.